The van der Waals surface area contributed by atoms with Gasteiger partial charge in [-0.1, -0.05) is 23.7 Å². The van der Waals surface area contributed by atoms with E-state index in [1.165, 1.54) is 12.4 Å². The van der Waals surface area contributed by atoms with Crippen molar-refractivity contribution in [2.75, 3.05) is 0 Å². The van der Waals surface area contributed by atoms with E-state index in [1.54, 1.807) is 18.2 Å². The molecule has 1 heterocycles. The molecule has 5 nitrogen and oxygen atoms in total. The van der Waals surface area contributed by atoms with Gasteiger partial charge in [0, 0.05) is 5.02 Å². The molecule has 2 rings (SSSR count). The molecular formula is C11H8BrClN4O. The number of carbonyl (C=O) groups is 1. The number of rotatable bonds is 3. The van der Waals surface area contributed by atoms with Gasteiger partial charge in [0.2, 0.25) is 0 Å². The van der Waals surface area contributed by atoms with Gasteiger partial charge in [0.1, 0.15) is 5.69 Å². The predicted molar refractivity (Wildman–Crippen MR) is 72.8 cm³/mol. The first-order valence-electron chi connectivity index (χ1n) is 4.94. The predicted octanol–water partition coefficient (Wildman–Crippen LogP) is 2.59. The van der Waals surface area contributed by atoms with Crippen molar-refractivity contribution in [1.82, 2.24) is 15.6 Å². The molecule has 0 aliphatic heterocycles. The van der Waals surface area contributed by atoms with Crippen LogP contribution in [0.5, 0.6) is 0 Å². The van der Waals surface area contributed by atoms with Crippen LogP contribution in [0.3, 0.4) is 0 Å². The second-order valence-electron chi connectivity index (χ2n) is 3.35. The van der Waals surface area contributed by atoms with Crippen LogP contribution in [0, 0.1) is 0 Å². The Morgan fingerprint density at radius 3 is 3.06 bits per heavy atom. The quantitative estimate of drug-likeness (QED) is 0.672. The molecule has 2 N–H and O–H groups in total. The summed E-state index contributed by atoms with van der Waals surface area (Å²) in [5.41, 5.74) is 3.50. The van der Waals surface area contributed by atoms with E-state index in [2.05, 4.69) is 36.7 Å². The molecule has 1 amide bonds. The molecule has 0 unspecified atom stereocenters. The third kappa shape index (κ3) is 3.18. The number of hydrazone groups is 1. The SMILES string of the molecule is O=C(N/N=C/c1cccc(Cl)c1)c1[nH]ncc1Br. The van der Waals surface area contributed by atoms with Crippen LogP contribution in [-0.2, 0) is 0 Å². The lowest BCUT2D eigenvalue weighted by molar-refractivity contribution is 0.0949. The zero-order chi connectivity index (χ0) is 13.0. The fraction of sp³-hybridized carbons (Fsp3) is 0. The van der Waals surface area contributed by atoms with Crippen LogP contribution in [0.4, 0.5) is 0 Å². The van der Waals surface area contributed by atoms with Gasteiger partial charge in [0.15, 0.2) is 0 Å². The van der Waals surface area contributed by atoms with E-state index in [0.717, 1.165) is 5.56 Å². The average molecular weight is 328 g/mol. The van der Waals surface area contributed by atoms with Crippen LogP contribution in [0.15, 0.2) is 40.0 Å². The molecule has 0 aliphatic carbocycles. The standard InChI is InChI=1S/C11H8BrClN4O/c12-9-6-15-16-10(9)11(18)17-14-5-7-2-1-3-8(13)4-7/h1-6H,(H,15,16)(H,17,18)/b14-5+. The number of benzene rings is 1. The molecule has 1 aromatic heterocycles. The summed E-state index contributed by atoms with van der Waals surface area (Å²) in [7, 11) is 0. The minimum Gasteiger partial charge on any atom is -0.272 e. The Bertz CT molecular complexity index is 596. The first-order valence-corrected chi connectivity index (χ1v) is 6.12. The zero-order valence-electron chi connectivity index (χ0n) is 9.02. The first-order chi connectivity index (χ1) is 8.66. The maximum atomic E-state index is 11.6. The summed E-state index contributed by atoms with van der Waals surface area (Å²) in [6.07, 6.45) is 3.00. The lowest BCUT2D eigenvalue weighted by Crippen LogP contribution is -2.18. The van der Waals surface area contributed by atoms with E-state index in [-0.39, 0.29) is 5.91 Å². The number of amides is 1. The molecule has 0 atom stereocenters. The molecule has 1 aromatic carbocycles. The average Bonchev–Trinajstić information content (AvgIpc) is 2.75. The monoisotopic (exact) mass is 326 g/mol. The highest BCUT2D eigenvalue weighted by Gasteiger charge is 2.10. The third-order valence-electron chi connectivity index (χ3n) is 2.05. The van der Waals surface area contributed by atoms with Gasteiger partial charge in [-0.25, -0.2) is 5.43 Å². The number of halogens is 2. The molecule has 0 saturated carbocycles. The third-order valence-corrected chi connectivity index (χ3v) is 2.88. The van der Waals surface area contributed by atoms with Gasteiger partial charge in [-0.05, 0) is 33.6 Å². The Labute approximate surface area is 116 Å². The largest absolute Gasteiger partial charge is 0.290 e. The number of carbonyl (C=O) groups excluding carboxylic acids is 1. The van der Waals surface area contributed by atoms with Crippen molar-refractivity contribution in [3.05, 3.63) is 51.2 Å². The minimum atomic E-state index is -0.377. The second-order valence-corrected chi connectivity index (χ2v) is 4.64. The first kappa shape index (κ1) is 12.8. The number of aromatic amines is 1. The summed E-state index contributed by atoms with van der Waals surface area (Å²) in [5.74, 6) is -0.377. The molecular weight excluding hydrogens is 320 g/mol. The molecule has 18 heavy (non-hydrogen) atoms. The lowest BCUT2D eigenvalue weighted by Gasteiger charge is -1.97. The molecule has 0 spiro atoms. The molecule has 0 aliphatic rings. The number of aromatic nitrogens is 2. The van der Waals surface area contributed by atoms with Crippen molar-refractivity contribution in [2.24, 2.45) is 5.10 Å². The Hall–Kier alpha value is -1.66. The van der Waals surface area contributed by atoms with Crippen LogP contribution in [0.2, 0.25) is 5.02 Å². The van der Waals surface area contributed by atoms with Crippen LogP contribution in [-0.4, -0.2) is 22.3 Å². The highest BCUT2D eigenvalue weighted by atomic mass is 79.9. The molecule has 0 radical (unpaired) electrons. The summed E-state index contributed by atoms with van der Waals surface area (Å²) in [4.78, 5) is 11.6. The normalized spacial score (nSPS) is 10.8. The topological polar surface area (TPSA) is 70.1 Å². The molecule has 2 aromatic rings. The number of H-pyrrole nitrogens is 1. The van der Waals surface area contributed by atoms with E-state index in [0.29, 0.717) is 15.2 Å². The summed E-state index contributed by atoms with van der Waals surface area (Å²) < 4.78 is 0.581. The molecule has 92 valence electrons. The second kappa shape index (κ2) is 5.79. The Morgan fingerprint density at radius 1 is 1.56 bits per heavy atom. The van der Waals surface area contributed by atoms with Gasteiger partial charge < -0.3 is 0 Å². The lowest BCUT2D eigenvalue weighted by atomic mass is 10.2. The van der Waals surface area contributed by atoms with Gasteiger partial charge in [-0.15, -0.1) is 0 Å². The van der Waals surface area contributed by atoms with Crippen LogP contribution >= 0.6 is 27.5 Å². The van der Waals surface area contributed by atoms with Crippen molar-refractivity contribution >= 4 is 39.7 Å². The summed E-state index contributed by atoms with van der Waals surface area (Å²) in [5, 5.41) is 10.7. The Morgan fingerprint density at radius 2 is 2.39 bits per heavy atom. The molecule has 0 fully saturated rings. The van der Waals surface area contributed by atoms with Crippen molar-refractivity contribution < 1.29 is 4.79 Å². The molecule has 0 saturated heterocycles. The van der Waals surface area contributed by atoms with E-state index in [1.807, 2.05) is 6.07 Å². The Kier molecular flexibility index (Phi) is 4.11. The van der Waals surface area contributed by atoms with E-state index in [4.69, 9.17) is 11.6 Å². The Balaban J connectivity index is 2.00. The van der Waals surface area contributed by atoms with Gasteiger partial charge in [0.25, 0.3) is 5.91 Å². The maximum absolute atomic E-state index is 11.6. The number of nitrogens with one attached hydrogen (secondary N) is 2. The maximum Gasteiger partial charge on any atom is 0.290 e. The van der Waals surface area contributed by atoms with Gasteiger partial charge in [-0.2, -0.15) is 10.2 Å². The van der Waals surface area contributed by atoms with E-state index >= 15 is 0 Å². The zero-order valence-corrected chi connectivity index (χ0v) is 11.4. The highest BCUT2D eigenvalue weighted by Crippen LogP contribution is 2.12. The molecule has 7 heteroatoms. The van der Waals surface area contributed by atoms with Gasteiger partial charge in [0.05, 0.1) is 16.9 Å². The summed E-state index contributed by atoms with van der Waals surface area (Å²) in [6, 6.07) is 7.13. The number of hydrogen-bond donors (Lipinski definition) is 2. The van der Waals surface area contributed by atoms with Crippen LogP contribution < -0.4 is 5.43 Å². The summed E-state index contributed by atoms with van der Waals surface area (Å²) >= 11 is 9.01. The summed E-state index contributed by atoms with van der Waals surface area (Å²) in [6.45, 7) is 0. The van der Waals surface area contributed by atoms with Gasteiger partial charge >= 0.3 is 0 Å². The fourth-order valence-corrected chi connectivity index (χ4v) is 1.81. The number of nitrogens with zero attached hydrogens (tertiary/aromatic N) is 2. The van der Waals surface area contributed by atoms with E-state index < -0.39 is 0 Å². The fourth-order valence-electron chi connectivity index (χ4n) is 1.24. The van der Waals surface area contributed by atoms with Gasteiger partial charge in [-0.3, -0.25) is 9.89 Å². The highest BCUT2D eigenvalue weighted by molar-refractivity contribution is 9.10. The smallest absolute Gasteiger partial charge is 0.272 e. The van der Waals surface area contributed by atoms with Crippen molar-refractivity contribution in [3.8, 4) is 0 Å². The minimum absolute atomic E-state index is 0.318. The number of hydrogen-bond acceptors (Lipinski definition) is 3. The van der Waals surface area contributed by atoms with Crippen LogP contribution in [0.25, 0.3) is 0 Å². The van der Waals surface area contributed by atoms with Crippen molar-refractivity contribution in [2.45, 2.75) is 0 Å². The van der Waals surface area contributed by atoms with Crippen molar-refractivity contribution in [3.63, 3.8) is 0 Å². The van der Waals surface area contributed by atoms with E-state index in [9.17, 15) is 4.79 Å². The van der Waals surface area contributed by atoms with Crippen LogP contribution in [0.1, 0.15) is 16.1 Å². The van der Waals surface area contributed by atoms with Crippen molar-refractivity contribution in [1.29, 1.82) is 0 Å². The molecule has 0 bridgehead atoms.